The second kappa shape index (κ2) is 8.12. The molecule has 166 valence electrons. The Kier molecular flexibility index (Phi) is 5.14. The number of rotatable bonds is 5. The number of carbonyl (C=O) groups is 1. The van der Waals surface area contributed by atoms with Gasteiger partial charge in [-0.15, -0.1) is 0 Å². The quantitative estimate of drug-likeness (QED) is 0.617. The minimum Gasteiger partial charge on any atom is -0.494 e. The van der Waals surface area contributed by atoms with E-state index in [4.69, 9.17) is 9.26 Å². The fourth-order valence-corrected chi connectivity index (χ4v) is 4.17. The van der Waals surface area contributed by atoms with Crippen LogP contribution < -0.4 is 15.0 Å². The Bertz CT molecular complexity index is 1170. The molecule has 0 saturated carbocycles. The van der Waals surface area contributed by atoms with Crippen LogP contribution in [0.5, 0.6) is 5.75 Å². The average molecular weight is 436 g/mol. The van der Waals surface area contributed by atoms with Gasteiger partial charge in [0.05, 0.1) is 12.8 Å². The summed E-state index contributed by atoms with van der Waals surface area (Å²) in [4.78, 5) is 25.1. The summed E-state index contributed by atoms with van der Waals surface area (Å²) in [5, 5.41) is 16.3. The molecule has 0 spiro atoms. The van der Waals surface area contributed by atoms with Crippen LogP contribution in [0, 0.1) is 0 Å². The molecule has 5 rings (SSSR count). The lowest BCUT2D eigenvalue weighted by Gasteiger charge is -2.34. The second-order valence-corrected chi connectivity index (χ2v) is 8.01. The Morgan fingerprint density at radius 2 is 2.03 bits per heavy atom. The SMILES string of the molecule is COc1cc(N2CCN(C)CC2)ccc1Nc1ncc2c(n1)-c1onc(C(=O)O)c1CC2. The molecule has 10 heteroatoms. The molecule has 2 aromatic heterocycles. The molecule has 1 aliphatic heterocycles. The highest BCUT2D eigenvalue weighted by Gasteiger charge is 2.29. The maximum Gasteiger partial charge on any atom is 0.358 e. The molecule has 32 heavy (non-hydrogen) atoms. The van der Waals surface area contributed by atoms with E-state index in [1.807, 2.05) is 12.1 Å². The topological polar surface area (TPSA) is 117 Å². The molecule has 0 atom stereocenters. The van der Waals surface area contributed by atoms with Crippen molar-refractivity contribution in [3.63, 3.8) is 0 Å². The van der Waals surface area contributed by atoms with Crippen LogP contribution in [-0.2, 0) is 12.8 Å². The molecule has 3 aromatic rings. The average Bonchev–Trinajstić information content (AvgIpc) is 3.25. The number of benzene rings is 1. The number of nitrogens with one attached hydrogen (secondary N) is 1. The first-order chi connectivity index (χ1) is 15.5. The summed E-state index contributed by atoms with van der Waals surface area (Å²) in [7, 11) is 3.77. The number of hydrogen-bond donors (Lipinski definition) is 2. The molecule has 0 amide bonds. The van der Waals surface area contributed by atoms with Crippen molar-refractivity contribution < 1.29 is 19.2 Å². The van der Waals surface area contributed by atoms with E-state index < -0.39 is 5.97 Å². The number of methoxy groups -OCH3 is 1. The van der Waals surface area contributed by atoms with Gasteiger partial charge in [-0.25, -0.2) is 14.8 Å². The van der Waals surface area contributed by atoms with Gasteiger partial charge in [-0.1, -0.05) is 5.16 Å². The highest BCUT2D eigenvalue weighted by atomic mass is 16.5. The van der Waals surface area contributed by atoms with Crippen molar-refractivity contribution in [1.29, 1.82) is 0 Å². The van der Waals surface area contributed by atoms with Crippen molar-refractivity contribution in [1.82, 2.24) is 20.0 Å². The summed E-state index contributed by atoms with van der Waals surface area (Å²) < 4.78 is 11.0. The van der Waals surface area contributed by atoms with Crippen LogP contribution in [0.3, 0.4) is 0 Å². The molecule has 1 aromatic carbocycles. The van der Waals surface area contributed by atoms with E-state index in [1.165, 1.54) is 0 Å². The summed E-state index contributed by atoms with van der Waals surface area (Å²) >= 11 is 0. The molecule has 2 aliphatic rings. The van der Waals surface area contributed by atoms with Gasteiger partial charge in [0.25, 0.3) is 0 Å². The first-order valence-corrected chi connectivity index (χ1v) is 10.5. The zero-order valence-corrected chi connectivity index (χ0v) is 18.0. The molecule has 1 aliphatic carbocycles. The van der Waals surface area contributed by atoms with Crippen molar-refractivity contribution in [3.05, 3.63) is 41.2 Å². The summed E-state index contributed by atoms with van der Waals surface area (Å²) in [6.45, 7) is 3.99. The lowest BCUT2D eigenvalue weighted by Crippen LogP contribution is -2.44. The first-order valence-electron chi connectivity index (χ1n) is 10.5. The summed E-state index contributed by atoms with van der Waals surface area (Å²) in [5.74, 6) is 0.356. The number of nitrogens with zero attached hydrogens (tertiary/aromatic N) is 5. The van der Waals surface area contributed by atoms with Gasteiger partial charge in [-0.3, -0.25) is 0 Å². The van der Waals surface area contributed by atoms with Gasteiger partial charge in [0.1, 0.15) is 11.4 Å². The molecule has 1 fully saturated rings. The van der Waals surface area contributed by atoms with Crippen LogP contribution in [0.4, 0.5) is 17.3 Å². The van der Waals surface area contributed by atoms with Gasteiger partial charge in [0.2, 0.25) is 5.95 Å². The third-order valence-electron chi connectivity index (χ3n) is 6.01. The smallest absolute Gasteiger partial charge is 0.358 e. The zero-order valence-electron chi connectivity index (χ0n) is 18.0. The third kappa shape index (κ3) is 3.62. The van der Waals surface area contributed by atoms with Crippen LogP contribution in [-0.4, -0.2) is 71.4 Å². The van der Waals surface area contributed by atoms with Crippen molar-refractivity contribution in [3.8, 4) is 17.2 Å². The lowest BCUT2D eigenvalue weighted by molar-refractivity contribution is 0.0684. The predicted molar refractivity (Wildman–Crippen MR) is 118 cm³/mol. The Balaban J connectivity index is 1.42. The molecule has 10 nitrogen and oxygen atoms in total. The number of anilines is 3. The normalized spacial score (nSPS) is 15.8. The largest absolute Gasteiger partial charge is 0.494 e. The van der Waals surface area contributed by atoms with Crippen molar-refractivity contribution in [2.75, 3.05) is 50.6 Å². The number of aryl methyl sites for hydroxylation is 1. The Labute approximate surface area is 184 Å². The van der Waals surface area contributed by atoms with Gasteiger partial charge in [0, 0.05) is 55.3 Å². The van der Waals surface area contributed by atoms with Crippen LogP contribution >= 0.6 is 0 Å². The molecular weight excluding hydrogens is 412 g/mol. The van der Waals surface area contributed by atoms with E-state index in [-0.39, 0.29) is 5.69 Å². The molecule has 1 saturated heterocycles. The number of aromatic carboxylic acids is 1. The molecule has 0 unspecified atom stereocenters. The standard InChI is InChI=1S/C22H24N6O4/c1-27-7-9-28(10-8-27)14-4-6-16(17(11-14)31-2)24-22-23-12-13-3-5-15-19(21(29)30)26-32-20(15)18(13)25-22/h4,6,11-12H,3,5,7-10H2,1-2H3,(H,29,30)(H,23,24,25). The Morgan fingerprint density at radius 3 is 2.78 bits per heavy atom. The maximum absolute atomic E-state index is 11.4. The van der Waals surface area contributed by atoms with Gasteiger partial charge < -0.3 is 29.5 Å². The van der Waals surface area contributed by atoms with Gasteiger partial charge in [-0.05, 0) is 32.0 Å². The van der Waals surface area contributed by atoms with Gasteiger partial charge >= 0.3 is 5.97 Å². The van der Waals surface area contributed by atoms with Crippen LogP contribution in [0.2, 0.25) is 0 Å². The van der Waals surface area contributed by atoms with E-state index in [0.29, 0.717) is 41.6 Å². The number of hydrogen-bond acceptors (Lipinski definition) is 9. The highest BCUT2D eigenvalue weighted by Crippen LogP contribution is 2.36. The van der Waals surface area contributed by atoms with E-state index >= 15 is 0 Å². The van der Waals surface area contributed by atoms with E-state index in [1.54, 1.807) is 13.3 Å². The number of piperazine rings is 1. The summed E-state index contributed by atoms with van der Waals surface area (Å²) in [5.41, 5.74) is 3.83. The second-order valence-electron chi connectivity index (χ2n) is 8.01. The predicted octanol–water partition coefficient (Wildman–Crippen LogP) is 2.43. The van der Waals surface area contributed by atoms with Crippen molar-refractivity contribution in [2.45, 2.75) is 12.8 Å². The fourth-order valence-electron chi connectivity index (χ4n) is 4.17. The molecule has 2 N–H and O–H groups in total. The minimum atomic E-state index is -1.10. The third-order valence-corrected chi connectivity index (χ3v) is 6.01. The number of carboxylic acid groups (broad SMARTS) is 1. The first kappa shape index (κ1) is 20.3. The highest BCUT2D eigenvalue weighted by molar-refractivity contribution is 5.89. The van der Waals surface area contributed by atoms with E-state index in [2.05, 4.69) is 43.4 Å². The van der Waals surface area contributed by atoms with Crippen LogP contribution in [0.25, 0.3) is 11.5 Å². The number of ether oxygens (including phenoxy) is 1. The molecule has 0 bridgehead atoms. The fraction of sp³-hybridized carbons (Fsp3) is 0.364. The minimum absolute atomic E-state index is 0.0556. The zero-order chi connectivity index (χ0) is 22.2. The van der Waals surface area contributed by atoms with Gasteiger partial charge in [-0.2, -0.15) is 0 Å². The van der Waals surface area contributed by atoms with Gasteiger partial charge in [0.15, 0.2) is 11.5 Å². The molecule has 3 heterocycles. The van der Waals surface area contributed by atoms with Crippen molar-refractivity contribution >= 4 is 23.3 Å². The lowest BCUT2D eigenvalue weighted by atomic mass is 9.94. The van der Waals surface area contributed by atoms with Crippen LogP contribution in [0.15, 0.2) is 28.9 Å². The Hall–Kier alpha value is -3.66. The number of carboxylic acids is 1. The summed E-state index contributed by atoms with van der Waals surface area (Å²) in [6, 6.07) is 6.03. The van der Waals surface area contributed by atoms with E-state index in [9.17, 15) is 9.90 Å². The van der Waals surface area contributed by atoms with E-state index in [0.717, 1.165) is 43.1 Å². The Morgan fingerprint density at radius 1 is 1.22 bits per heavy atom. The maximum atomic E-state index is 11.4. The molecule has 0 radical (unpaired) electrons. The van der Waals surface area contributed by atoms with Crippen molar-refractivity contribution in [2.24, 2.45) is 0 Å². The number of likely N-dealkylation sites (N-methyl/N-ethyl adjacent to an activating group) is 1. The summed E-state index contributed by atoms with van der Waals surface area (Å²) in [6.07, 6.45) is 2.90. The van der Waals surface area contributed by atoms with Crippen LogP contribution in [0.1, 0.15) is 21.6 Å². The number of aromatic nitrogens is 3. The number of fused-ring (bicyclic) bond motifs is 3. The molecular formula is C22H24N6O4. The monoisotopic (exact) mass is 436 g/mol.